The number of rotatable bonds is 15. The summed E-state index contributed by atoms with van der Waals surface area (Å²) < 4.78 is 157. The van der Waals surface area contributed by atoms with Gasteiger partial charge in [0.15, 0.2) is 57.2 Å². The Kier molecular flexibility index (Phi) is 31.7. The summed E-state index contributed by atoms with van der Waals surface area (Å²) in [5, 5.41) is 46.0. The molecule has 0 aliphatic carbocycles. The average molecular weight is 1970 g/mol. The molecule has 0 unspecified atom stereocenters. The first kappa shape index (κ1) is 100. The third-order valence-electron chi connectivity index (χ3n) is 21.3. The van der Waals surface area contributed by atoms with Crippen molar-refractivity contribution >= 4 is 132 Å². The molecule has 10 N–H and O–H groups in total. The first-order valence-electron chi connectivity index (χ1n) is 41.5. The van der Waals surface area contributed by atoms with E-state index >= 15 is 0 Å². The van der Waals surface area contributed by atoms with Gasteiger partial charge in [0.1, 0.15) is 23.3 Å². The van der Waals surface area contributed by atoms with Gasteiger partial charge in [-0.05, 0) is 270 Å². The molecule has 0 saturated heterocycles. The maximum Gasteiger partial charge on any atom is 0.491 e. The van der Waals surface area contributed by atoms with Crippen molar-refractivity contribution in [1.29, 1.82) is 0 Å². The Bertz CT molecular complexity index is 7890. The second kappa shape index (κ2) is 44.2. The van der Waals surface area contributed by atoms with Crippen LogP contribution in [0.4, 0.5) is 66.7 Å². The highest BCUT2D eigenvalue weighted by atomic mass is 79.9. The lowest BCUT2D eigenvalue weighted by Crippen LogP contribution is -2.33. The zero-order valence-electron chi connectivity index (χ0n) is 72.7. The number of H-pyrrole nitrogens is 2. The molecule has 0 aliphatic heterocycles. The topological polar surface area (TPSA) is 360 Å². The predicted molar refractivity (Wildman–Crippen MR) is 517 cm³/mol. The van der Waals surface area contributed by atoms with E-state index in [4.69, 9.17) is 37.8 Å². The van der Waals surface area contributed by atoms with Crippen molar-refractivity contribution in [1.82, 2.24) is 19.1 Å². The molecule has 4 amide bonds. The SMILES string of the molecule is C.Cc1ccc(-c2cccc3[nH]c(=O)oc23)cc1C(=O)Nc1ccc(F)cc1.Cc1ccc(-c2cccc3c2oc(=O)n3-c2cccc(F)c2F)cc1C(=O)Nc1ccc(F)cc1.Cc1ccc(-c2cccc3c2oc(=O)n3-c2cccc(F)c2F)cc1C(=O)Nc1ccc(F)cc1.Cc1ccc(B(O)O)cc1C(=O)Nc1ccc(F)cc1.O=c1[nH]c2cccc(Br)c2o1.OB(O)c1cccc(F)c1F. The van der Waals surface area contributed by atoms with Gasteiger partial charge in [0, 0.05) is 67.2 Å². The summed E-state index contributed by atoms with van der Waals surface area (Å²) in [7, 11) is -3.60. The highest BCUT2D eigenvalue weighted by molar-refractivity contribution is 9.10. The molecule has 0 bridgehead atoms. The van der Waals surface area contributed by atoms with E-state index in [0.717, 1.165) is 49.0 Å². The number of aromatic nitrogens is 4. The van der Waals surface area contributed by atoms with Gasteiger partial charge < -0.3 is 59.0 Å². The standard InChI is InChI=1S/2C27H17F3N2O3.C21H15FN2O3.C14H13BFNO3.C7H4BrNO2.C6H5BF2O2.CH4/c2*1-15-8-9-16(14-20(15)26(33)31-18-12-10-17(28)11-13-18)19-4-2-7-23-25(19)35-27(34)32(23)22-6-3-5-21(29)24(22)30;1-12-5-6-13(16-3-2-4-18-19(16)27-21(26)24-18)11-17(12)20(25)23-15-9-7-14(22)8-10-15;1-9-2-3-10(15(19)20)8-13(9)14(18)17-12-6-4-11(16)5-7-12;8-4-2-1-3-5-6(4)11-7(10)9-5;8-5-3-1-2-4(6(5)9)7(10)11;/h2*2-14H,1H3,(H,31,33);2-11H,1H3,(H,23,25)(H,24,26);2-8,19-20H,1H3,(H,17,18);1-3H,(H,9,10);1-3,10-11H;1H4. The molecule has 15 aromatic carbocycles. The van der Waals surface area contributed by atoms with E-state index < -0.39 is 107 Å². The first-order chi connectivity index (χ1) is 66.5. The summed E-state index contributed by atoms with van der Waals surface area (Å²) in [4.78, 5) is 103. The lowest BCUT2D eigenvalue weighted by Gasteiger charge is -2.11. The number of halogens is 11. The number of anilines is 4. The second-order valence-corrected chi connectivity index (χ2v) is 31.4. The molecule has 0 atom stereocenters. The Balaban J connectivity index is 0.000000148. The monoisotopic (exact) mass is 1970 g/mol. The summed E-state index contributed by atoms with van der Waals surface area (Å²) in [6, 6.07) is 73.0. The molecule has 0 fully saturated rings. The molecule has 0 saturated carbocycles. The van der Waals surface area contributed by atoms with E-state index in [1.54, 1.807) is 124 Å². The van der Waals surface area contributed by atoms with Crippen molar-refractivity contribution in [2.45, 2.75) is 35.1 Å². The van der Waals surface area contributed by atoms with Crippen LogP contribution >= 0.6 is 15.9 Å². The Morgan fingerprint density at radius 3 is 0.986 bits per heavy atom. The minimum atomic E-state index is -1.97. The second-order valence-electron chi connectivity index (χ2n) is 30.6. The van der Waals surface area contributed by atoms with E-state index in [2.05, 4.69) is 47.2 Å². The van der Waals surface area contributed by atoms with Crippen LogP contribution in [0.15, 0.2) is 339 Å². The van der Waals surface area contributed by atoms with Gasteiger partial charge in [0.2, 0.25) is 0 Å². The predicted octanol–water partition coefficient (Wildman–Crippen LogP) is 20.2. The summed E-state index contributed by atoms with van der Waals surface area (Å²) in [5.41, 5.74) is 12.2. The van der Waals surface area contributed by atoms with Crippen molar-refractivity contribution < 1.29 is 101 Å². The Labute approximate surface area is 795 Å². The van der Waals surface area contributed by atoms with Crippen LogP contribution in [0.2, 0.25) is 0 Å². The number of aryl methyl sites for hydroxylation is 4. The highest BCUT2D eigenvalue weighted by Gasteiger charge is 2.26. The fourth-order valence-electron chi connectivity index (χ4n) is 14.3. The fourth-order valence-corrected chi connectivity index (χ4v) is 14.7. The van der Waals surface area contributed by atoms with Gasteiger partial charge in [0.25, 0.3) is 23.6 Å². The molecular weight excluding hydrogens is 1900 g/mol. The normalized spacial score (nSPS) is 10.7. The Morgan fingerprint density at radius 2 is 0.636 bits per heavy atom. The number of hydrogen-bond donors (Lipinski definition) is 10. The number of nitrogens with one attached hydrogen (secondary N) is 6. The first-order valence-corrected chi connectivity index (χ1v) is 42.3. The number of carbonyl (C=O) groups excluding carboxylic acids is 4. The average Bonchev–Trinajstić information content (AvgIpc) is 1.60. The molecule has 0 aliphatic rings. The fraction of sp³-hybridized carbons (Fsp3) is 0.0485. The number of para-hydroxylation sites is 4. The number of aromatic amines is 2. The summed E-state index contributed by atoms with van der Waals surface area (Å²) in [6.45, 7) is 7.12. The maximum atomic E-state index is 14.4. The van der Waals surface area contributed by atoms with E-state index in [1.807, 2.05) is 37.3 Å². The van der Waals surface area contributed by atoms with Gasteiger partial charge in [-0.15, -0.1) is 0 Å². The molecule has 4 heterocycles. The summed E-state index contributed by atoms with van der Waals surface area (Å²) >= 11 is 3.26. The van der Waals surface area contributed by atoms with Crippen LogP contribution in [0.1, 0.15) is 71.1 Å². The number of oxazole rings is 4. The van der Waals surface area contributed by atoms with Gasteiger partial charge in [-0.1, -0.05) is 123 Å². The zero-order valence-corrected chi connectivity index (χ0v) is 74.3. The molecule has 4 aromatic heterocycles. The lowest BCUT2D eigenvalue weighted by atomic mass is 9.79. The van der Waals surface area contributed by atoms with Gasteiger partial charge in [0.05, 0.1) is 37.9 Å². The van der Waals surface area contributed by atoms with Crippen LogP contribution in [0.25, 0.3) is 89.2 Å². The number of amides is 4. The number of fused-ring (bicyclic) bond motifs is 4. The molecule has 140 heavy (non-hydrogen) atoms. The minimum Gasteiger partial charge on any atom is -0.423 e. The minimum absolute atomic E-state index is 0. The molecule has 0 spiro atoms. The van der Waals surface area contributed by atoms with Crippen molar-refractivity contribution in [2.75, 3.05) is 21.3 Å². The van der Waals surface area contributed by atoms with Gasteiger partial charge in [-0.3, -0.25) is 29.1 Å². The van der Waals surface area contributed by atoms with Crippen molar-refractivity contribution in [3.63, 3.8) is 0 Å². The Hall–Kier alpha value is -17.0. The van der Waals surface area contributed by atoms with Gasteiger partial charge in [-0.25, -0.2) is 72.2 Å². The zero-order chi connectivity index (χ0) is 99.3. The molecule has 706 valence electrons. The number of hydrogen-bond acceptors (Lipinski definition) is 16. The van der Waals surface area contributed by atoms with Crippen LogP contribution in [0.5, 0.6) is 0 Å². The number of benzene rings is 15. The van der Waals surface area contributed by atoms with Crippen LogP contribution in [-0.2, 0) is 0 Å². The van der Waals surface area contributed by atoms with Crippen LogP contribution in [0.3, 0.4) is 0 Å². The maximum absolute atomic E-state index is 14.4. The summed E-state index contributed by atoms with van der Waals surface area (Å²) in [6.07, 6.45) is 0. The van der Waals surface area contributed by atoms with Gasteiger partial charge >= 0.3 is 37.3 Å². The Morgan fingerprint density at radius 1 is 0.329 bits per heavy atom. The highest BCUT2D eigenvalue weighted by Crippen LogP contribution is 2.36. The van der Waals surface area contributed by atoms with Crippen molar-refractivity contribution in [3.8, 4) is 44.8 Å². The van der Waals surface area contributed by atoms with E-state index in [9.17, 15) is 82.3 Å². The third-order valence-corrected chi connectivity index (χ3v) is 21.9. The lowest BCUT2D eigenvalue weighted by molar-refractivity contribution is 0.101. The molecule has 19 aromatic rings. The molecular formula is C103H75B2BrF10N8O16. The largest absolute Gasteiger partial charge is 0.491 e. The molecule has 19 rings (SSSR count). The van der Waals surface area contributed by atoms with Crippen molar-refractivity contribution in [3.05, 3.63) is 447 Å². The van der Waals surface area contributed by atoms with E-state index in [0.29, 0.717) is 112 Å². The van der Waals surface area contributed by atoms with Gasteiger partial charge in [-0.2, -0.15) is 0 Å². The molecule has 0 radical (unpaired) electrons. The van der Waals surface area contributed by atoms with Crippen molar-refractivity contribution in [2.24, 2.45) is 0 Å². The van der Waals surface area contributed by atoms with Crippen LogP contribution in [-0.4, -0.2) is 77.1 Å². The number of nitrogens with zero attached hydrogens (tertiary/aromatic N) is 2. The molecule has 24 nitrogen and oxygen atoms in total. The van der Waals surface area contributed by atoms with Crippen LogP contribution < -0.4 is 55.2 Å². The van der Waals surface area contributed by atoms with E-state index in [-0.39, 0.29) is 64.0 Å². The molecule has 37 heteroatoms. The third kappa shape index (κ3) is 23.4. The number of carbonyl (C=O) groups is 4. The summed E-state index contributed by atoms with van der Waals surface area (Å²) in [5.74, 6) is -12.6. The van der Waals surface area contributed by atoms with Crippen LogP contribution in [0, 0.1) is 85.9 Å². The smallest absolute Gasteiger partial charge is 0.423 e. The quantitative estimate of drug-likeness (QED) is 0.0337. The van der Waals surface area contributed by atoms with E-state index in [1.165, 1.54) is 140 Å².